The van der Waals surface area contributed by atoms with Gasteiger partial charge in [-0.3, -0.25) is 0 Å². The Morgan fingerprint density at radius 2 is 2.11 bits per heavy atom. The minimum atomic E-state index is -2.87. The lowest BCUT2D eigenvalue weighted by molar-refractivity contribution is 0.457. The van der Waals surface area contributed by atoms with Gasteiger partial charge in [-0.1, -0.05) is 0 Å². The third-order valence-electron chi connectivity index (χ3n) is 3.50. The lowest BCUT2D eigenvalue weighted by Gasteiger charge is -2.18. The number of hydrogen-bond acceptors (Lipinski definition) is 4. The summed E-state index contributed by atoms with van der Waals surface area (Å²) in [5.41, 5.74) is 0.00808. The Morgan fingerprint density at radius 1 is 1.44 bits per heavy atom. The zero-order chi connectivity index (χ0) is 13.4. The highest BCUT2D eigenvalue weighted by Gasteiger charge is 2.44. The van der Waals surface area contributed by atoms with E-state index in [-0.39, 0.29) is 5.41 Å². The molecule has 0 amide bonds. The molecule has 0 unspecified atom stereocenters. The van der Waals surface area contributed by atoms with Gasteiger partial charge in [0.05, 0.1) is 5.75 Å². The Labute approximate surface area is 114 Å². The predicted octanol–water partition coefficient (Wildman–Crippen LogP) is 2.53. The Bertz CT molecular complexity index is 515. The second kappa shape index (κ2) is 4.94. The highest BCUT2D eigenvalue weighted by atomic mass is 32.2. The molecule has 102 valence electrons. The van der Waals surface area contributed by atoms with Crippen molar-refractivity contribution in [2.75, 3.05) is 18.6 Å². The minimum absolute atomic E-state index is 0.00808. The van der Waals surface area contributed by atoms with Crippen LogP contribution in [0.1, 0.15) is 35.6 Å². The van der Waals surface area contributed by atoms with Crippen molar-refractivity contribution in [3.05, 3.63) is 21.9 Å². The summed E-state index contributed by atoms with van der Waals surface area (Å²) in [6.45, 7) is 5.05. The van der Waals surface area contributed by atoms with Crippen LogP contribution in [0, 0.1) is 12.3 Å². The van der Waals surface area contributed by atoms with Gasteiger partial charge in [0.1, 0.15) is 9.84 Å². The van der Waals surface area contributed by atoms with Crippen LogP contribution in [0.15, 0.2) is 12.1 Å². The first-order chi connectivity index (χ1) is 8.30. The number of aryl methyl sites for hydroxylation is 1. The molecule has 1 atom stereocenters. The van der Waals surface area contributed by atoms with Gasteiger partial charge in [0.25, 0.3) is 0 Å². The zero-order valence-electron chi connectivity index (χ0n) is 11.2. The molecule has 5 heteroatoms. The van der Waals surface area contributed by atoms with E-state index in [0.717, 1.165) is 19.4 Å². The van der Waals surface area contributed by atoms with Gasteiger partial charge in [0, 0.05) is 28.6 Å². The summed E-state index contributed by atoms with van der Waals surface area (Å²) < 4.78 is 22.8. The highest BCUT2D eigenvalue weighted by molar-refractivity contribution is 7.90. The van der Waals surface area contributed by atoms with Crippen LogP contribution in [-0.4, -0.2) is 27.0 Å². The van der Waals surface area contributed by atoms with Gasteiger partial charge in [-0.05, 0) is 44.2 Å². The Hall–Kier alpha value is -0.390. The third kappa shape index (κ3) is 3.80. The molecule has 0 saturated heterocycles. The molecule has 1 aliphatic rings. The second-order valence-corrected chi connectivity index (χ2v) is 9.08. The molecular weight excluding hydrogens is 266 g/mol. The summed E-state index contributed by atoms with van der Waals surface area (Å²) in [6, 6.07) is 4.58. The summed E-state index contributed by atoms with van der Waals surface area (Å²) >= 11 is 1.80. The quantitative estimate of drug-likeness (QED) is 0.874. The summed E-state index contributed by atoms with van der Waals surface area (Å²) in [5, 5.41) is 3.48. The van der Waals surface area contributed by atoms with Crippen molar-refractivity contribution in [2.24, 2.45) is 5.41 Å². The molecule has 1 saturated carbocycles. The van der Waals surface area contributed by atoms with Gasteiger partial charge in [0.15, 0.2) is 0 Å². The van der Waals surface area contributed by atoms with E-state index in [1.807, 2.05) is 0 Å². The zero-order valence-corrected chi connectivity index (χ0v) is 12.8. The number of rotatable bonds is 6. The maximum Gasteiger partial charge on any atom is 0.148 e. The lowest BCUT2D eigenvalue weighted by atomic mass is 10.1. The van der Waals surface area contributed by atoms with E-state index >= 15 is 0 Å². The maximum absolute atomic E-state index is 11.4. The predicted molar refractivity (Wildman–Crippen MR) is 76.9 cm³/mol. The van der Waals surface area contributed by atoms with Crippen molar-refractivity contribution in [3.63, 3.8) is 0 Å². The van der Waals surface area contributed by atoms with E-state index < -0.39 is 9.84 Å². The molecular formula is C13H21NO2S2. The lowest BCUT2D eigenvalue weighted by Crippen LogP contribution is -2.30. The fourth-order valence-corrected chi connectivity index (χ4v) is 4.67. The first-order valence-corrected chi connectivity index (χ1v) is 9.15. The fraction of sp³-hybridized carbons (Fsp3) is 0.692. The molecule has 3 nitrogen and oxygen atoms in total. The van der Waals surface area contributed by atoms with Crippen LogP contribution in [-0.2, 0) is 9.84 Å². The van der Waals surface area contributed by atoms with Crippen LogP contribution in [0.25, 0.3) is 0 Å². The Kier molecular flexibility index (Phi) is 3.85. The molecule has 0 aliphatic heterocycles. The molecule has 0 spiro atoms. The highest BCUT2D eigenvalue weighted by Crippen LogP contribution is 2.46. The average molecular weight is 287 g/mol. The number of hydrogen-bond donors (Lipinski definition) is 1. The van der Waals surface area contributed by atoms with Gasteiger partial charge in [-0.25, -0.2) is 8.42 Å². The van der Waals surface area contributed by atoms with E-state index in [1.54, 1.807) is 11.3 Å². The molecule has 1 aromatic heterocycles. The van der Waals surface area contributed by atoms with Crippen LogP contribution in [0.3, 0.4) is 0 Å². The van der Waals surface area contributed by atoms with E-state index in [9.17, 15) is 8.42 Å². The van der Waals surface area contributed by atoms with Crippen molar-refractivity contribution in [3.8, 4) is 0 Å². The summed E-state index contributed by atoms with van der Waals surface area (Å²) in [6.07, 6.45) is 3.39. The minimum Gasteiger partial charge on any atom is -0.309 e. The molecule has 1 N–H and O–H groups in total. The largest absolute Gasteiger partial charge is 0.309 e. The third-order valence-corrected chi connectivity index (χ3v) is 5.82. The van der Waals surface area contributed by atoms with E-state index in [1.165, 1.54) is 16.0 Å². The Morgan fingerprint density at radius 3 is 2.56 bits per heavy atom. The van der Waals surface area contributed by atoms with Crippen molar-refractivity contribution >= 4 is 21.2 Å². The topological polar surface area (TPSA) is 46.2 Å². The van der Waals surface area contributed by atoms with E-state index in [4.69, 9.17) is 0 Å². The standard InChI is InChI=1S/C13H21NO2S2/c1-10-4-5-12(17-10)11(2)14-8-13(6-7-13)9-18(3,15)16/h4-5,11,14H,6-9H2,1-3H3/t11-/m0/s1. The number of nitrogens with one attached hydrogen (secondary N) is 1. The van der Waals surface area contributed by atoms with Gasteiger partial charge in [0.2, 0.25) is 0 Å². The van der Waals surface area contributed by atoms with Gasteiger partial charge < -0.3 is 5.32 Å². The molecule has 1 aliphatic carbocycles. The van der Waals surface area contributed by atoms with Gasteiger partial charge >= 0.3 is 0 Å². The summed E-state index contributed by atoms with van der Waals surface area (Å²) in [7, 11) is -2.87. The average Bonchev–Trinajstić information content (AvgIpc) is 2.84. The molecule has 1 aromatic rings. The van der Waals surface area contributed by atoms with Crippen LogP contribution in [0.4, 0.5) is 0 Å². The first-order valence-electron chi connectivity index (χ1n) is 6.27. The van der Waals surface area contributed by atoms with E-state index in [0.29, 0.717) is 11.8 Å². The van der Waals surface area contributed by atoms with Crippen molar-refractivity contribution in [1.82, 2.24) is 5.32 Å². The fourth-order valence-electron chi connectivity index (χ4n) is 2.26. The van der Waals surface area contributed by atoms with Crippen LogP contribution in [0.5, 0.6) is 0 Å². The van der Waals surface area contributed by atoms with Gasteiger partial charge in [-0.2, -0.15) is 0 Å². The molecule has 0 bridgehead atoms. The summed E-state index contributed by atoms with van der Waals surface area (Å²) in [4.78, 5) is 2.64. The number of thiophene rings is 1. The van der Waals surface area contributed by atoms with Crippen molar-refractivity contribution < 1.29 is 8.42 Å². The Balaban J connectivity index is 1.88. The SMILES string of the molecule is Cc1ccc([C@H](C)NCC2(CS(C)(=O)=O)CC2)s1. The first kappa shape index (κ1) is 14.0. The summed E-state index contributed by atoms with van der Waals surface area (Å²) in [5.74, 6) is 0.323. The van der Waals surface area contributed by atoms with Crippen LogP contribution in [0.2, 0.25) is 0 Å². The van der Waals surface area contributed by atoms with Crippen molar-refractivity contribution in [2.45, 2.75) is 32.7 Å². The smallest absolute Gasteiger partial charge is 0.148 e. The molecule has 0 radical (unpaired) electrons. The second-order valence-electron chi connectivity index (χ2n) is 5.62. The molecule has 0 aromatic carbocycles. The van der Waals surface area contributed by atoms with E-state index in [2.05, 4.69) is 31.3 Å². The van der Waals surface area contributed by atoms with Gasteiger partial charge in [-0.15, -0.1) is 11.3 Å². The molecule has 1 heterocycles. The number of sulfone groups is 1. The van der Waals surface area contributed by atoms with Crippen LogP contribution < -0.4 is 5.32 Å². The maximum atomic E-state index is 11.4. The molecule has 18 heavy (non-hydrogen) atoms. The molecule has 2 rings (SSSR count). The monoisotopic (exact) mass is 287 g/mol. The normalized spacial score (nSPS) is 19.7. The molecule has 1 fully saturated rings. The van der Waals surface area contributed by atoms with Crippen LogP contribution >= 0.6 is 11.3 Å². The van der Waals surface area contributed by atoms with Crippen molar-refractivity contribution in [1.29, 1.82) is 0 Å².